The highest BCUT2D eigenvalue weighted by Gasteiger charge is 2.24. The Balaban J connectivity index is 2.89. The summed E-state index contributed by atoms with van der Waals surface area (Å²) in [6.45, 7) is 8.37. The van der Waals surface area contributed by atoms with Gasteiger partial charge < -0.3 is 15.7 Å². The number of hydrogen-bond acceptors (Lipinski definition) is 7. The topological polar surface area (TPSA) is 113 Å². The average molecular weight is 297 g/mol. The van der Waals surface area contributed by atoms with Crippen LogP contribution >= 0.6 is 0 Å². The third-order valence-electron chi connectivity index (χ3n) is 2.79. The minimum absolute atomic E-state index is 0.106. The van der Waals surface area contributed by atoms with E-state index in [0.717, 1.165) is 6.20 Å². The Hall–Kier alpha value is -1.96. The van der Waals surface area contributed by atoms with Crippen LogP contribution in [-0.2, 0) is 0 Å². The van der Waals surface area contributed by atoms with E-state index in [1.807, 2.05) is 20.8 Å². The zero-order chi connectivity index (χ0) is 16.0. The van der Waals surface area contributed by atoms with E-state index in [-0.39, 0.29) is 18.1 Å². The van der Waals surface area contributed by atoms with Crippen molar-refractivity contribution in [3.05, 3.63) is 16.3 Å². The van der Waals surface area contributed by atoms with E-state index >= 15 is 0 Å². The minimum atomic E-state index is -0.967. The van der Waals surface area contributed by atoms with Crippen LogP contribution in [0.15, 0.2) is 6.20 Å². The first kappa shape index (κ1) is 17.1. The second-order valence-electron chi connectivity index (χ2n) is 5.66. The van der Waals surface area contributed by atoms with Crippen molar-refractivity contribution in [2.24, 2.45) is 5.92 Å². The SMILES string of the molecule is CCNc1ncc([N+](=O)[O-])c(NCC(C)(O)CC(C)C)n1. The third kappa shape index (κ3) is 5.50. The molecule has 0 saturated heterocycles. The average Bonchev–Trinajstić information content (AvgIpc) is 2.35. The van der Waals surface area contributed by atoms with Crippen LogP contribution in [0.3, 0.4) is 0 Å². The molecule has 0 spiro atoms. The van der Waals surface area contributed by atoms with Gasteiger partial charge in [-0.05, 0) is 26.2 Å². The maximum absolute atomic E-state index is 11.0. The van der Waals surface area contributed by atoms with Gasteiger partial charge in [0.05, 0.1) is 10.5 Å². The lowest BCUT2D eigenvalue weighted by molar-refractivity contribution is -0.384. The smallest absolute Gasteiger partial charge is 0.329 e. The molecule has 1 unspecified atom stereocenters. The van der Waals surface area contributed by atoms with Crippen molar-refractivity contribution in [2.45, 2.75) is 39.7 Å². The van der Waals surface area contributed by atoms with Gasteiger partial charge in [0.2, 0.25) is 11.8 Å². The summed E-state index contributed by atoms with van der Waals surface area (Å²) in [5.41, 5.74) is -1.18. The monoisotopic (exact) mass is 297 g/mol. The molecule has 1 rings (SSSR count). The molecule has 0 amide bonds. The van der Waals surface area contributed by atoms with Gasteiger partial charge in [-0.2, -0.15) is 4.98 Å². The summed E-state index contributed by atoms with van der Waals surface area (Å²) < 4.78 is 0. The Kier molecular flexibility index (Phi) is 5.83. The van der Waals surface area contributed by atoms with Gasteiger partial charge >= 0.3 is 5.69 Å². The van der Waals surface area contributed by atoms with Crippen molar-refractivity contribution >= 4 is 17.5 Å². The predicted molar refractivity (Wildman–Crippen MR) is 81.4 cm³/mol. The van der Waals surface area contributed by atoms with Crippen LogP contribution in [0.2, 0.25) is 0 Å². The molecule has 0 aliphatic heterocycles. The first-order chi connectivity index (χ1) is 9.75. The van der Waals surface area contributed by atoms with Crippen LogP contribution in [-0.4, -0.2) is 38.7 Å². The number of aromatic nitrogens is 2. The van der Waals surface area contributed by atoms with Crippen LogP contribution in [0.1, 0.15) is 34.1 Å². The number of aliphatic hydroxyl groups is 1. The standard InChI is InChI=1S/C13H23N5O3/c1-5-14-12-15-7-10(18(20)21)11(17-12)16-8-13(4,19)6-9(2)3/h7,9,19H,5-6,8H2,1-4H3,(H2,14,15,16,17). The molecule has 0 bridgehead atoms. The van der Waals surface area contributed by atoms with Crippen molar-refractivity contribution in [3.63, 3.8) is 0 Å². The molecule has 3 N–H and O–H groups in total. The summed E-state index contributed by atoms with van der Waals surface area (Å²) in [4.78, 5) is 18.4. The molecule has 0 aromatic carbocycles. The predicted octanol–water partition coefficient (Wildman–Crippen LogP) is 2.03. The number of nitro groups is 1. The fourth-order valence-electron chi connectivity index (χ4n) is 2.11. The van der Waals surface area contributed by atoms with E-state index in [4.69, 9.17) is 0 Å². The Morgan fingerprint density at radius 1 is 1.48 bits per heavy atom. The molecule has 0 aliphatic rings. The van der Waals surface area contributed by atoms with E-state index in [2.05, 4.69) is 20.6 Å². The molecule has 8 nitrogen and oxygen atoms in total. The molecule has 0 saturated carbocycles. The minimum Gasteiger partial charge on any atom is -0.388 e. The molecule has 0 aliphatic carbocycles. The molecule has 118 valence electrons. The number of hydrogen-bond donors (Lipinski definition) is 3. The van der Waals surface area contributed by atoms with Gasteiger partial charge in [-0.15, -0.1) is 0 Å². The summed E-state index contributed by atoms with van der Waals surface area (Å²) in [7, 11) is 0. The molecule has 0 radical (unpaired) electrons. The van der Waals surface area contributed by atoms with Gasteiger partial charge in [0.1, 0.15) is 6.20 Å². The van der Waals surface area contributed by atoms with Crippen molar-refractivity contribution in [1.29, 1.82) is 0 Å². The van der Waals surface area contributed by atoms with Gasteiger partial charge in [0.25, 0.3) is 0 Å². The van der Waals surface area contributed by atoms with Crippen molar-refractivity contribution < 1.29 is 10.0 Å². The number of anilines is 2. The Bertz CT molecular complexity index is 491. The zero-order valence-corrected chi connectivity index (χ0v) is 12.9. The normalized spacial score (nSPS) is 13.8. The highest BCUT2D eigenvalue weighted by molar-refractivity contribution is 5.57. The van der Waals surface area contributed by atoms with Gasteiger partial charge in [-0.1, -0.05) is 13.8 Å². The van der Waals surface area contributed by atoms with Crippen LogP contribution in [0, 0.1) is 16.0 Å². The lowest BCUT2D eigenvalue weighted by Crippen LogP contribution is -2.35. The molecule has 21 heavy (non-hydrogen) atoms. The Labute approximate surface area is 124 Å². The quantitative estimate of drug-likeness (QED) is 0.497. The second kappa shape index (κ2) is 7.16. The highest BCUT2D eigenvalue weighted by atomic mass is 16.6. The Morgan fingerprint density at radius 2 is 2.14 bits per heavy atom. The maximum Gasteiger partial charge on any atom is 0.329 e. The van der Waals surface area contributed by atoms with Crippen molar-refractivity contribution in [2.75, 3.05) is 23.7 Å². The molecular formula is C13H23N5O3. The molecule has 1 aromatic rings. The number of nitrogens with zero attached hydrogens (tertiary/aromatic N) is 3. The molecule has 1 atom stereocenters. The van der Waals surface area contributed by atoms with E-state index in [1.54, 1.807) is 6.92 Å². The maximum atomic E-state index is 11.0. The second-order valence-corrected chi connectivity index (χ2v) is 5.66. The van der Waals surface area contributed by atoms with Gasteiger partial charge in [0, 0.05) is 13.1 Å². The van der Waals surface area contributed by atoms with Gasteiger partial charge in [0.15, 0.2) is 0 Å². The molecule has 1 aromatic heterocycles. The molecular weight excluding hydrogens is 274 g/mol. The molecule has 0 fully saturated rings. The summed E-state index contributed by atoms with van der Waals surface area (Å²) in [5, 5.41) is 27.0. The van der Waals surface area contributed by atoms with Crippen LogP contribution in [0.5, 0.6) is 0 Å². The summed E-state index contributed by atoms with van der Waals surface area (Å²) in [6, 6.07) is 0. The van der Waals surface area contributed by atoms with Gasteiger partial charge in [-0.3, -0.25) is 10.1 Å². The third-order valence-corrected chi connectivity index (χ3v) is 2.79. The lowest BCUT2D eigenvalue weighted by Gasteiger charge is -2.25. The molecule has 8 heteroatoms. The van der Waals surface area contributed by atoms with E-state index in [0.29, 0.717) is 24.8 Å². The number of nitrogens with one attached hydrogen (secondary N) is 2. The summed E-state index contributed by atoms with van der Waals surface area (Å²) in [5.74, 6) is 0.739. The first-order valence-electron chi connectivity index (χ1n) is 6.96. The summed E-state index contributed by atoms with van der Waals surface area (Å²) in [6.07, 6.45) is 1.74. The van der Waals surface area contributed by atoms with Crippen molar-refractivity contribution in [3.8, 4) is 0 Å². The van der Waals surface area contributed by atoms with Crippen LogP contribution in [0.25, 0.3) is 0 Å². The number of rotatable bonds is 8. The van der Waals surface area contributed by atoms with Gasteiger partial charge in [-0.25, -0.2) is 4.98 Å². The Morgan fingerprint density at radius 3 is 2.67 bits per heavy atom. The fraction of sp³-hybridized carbons (Fsp3) is 0.692. The van der Waals surface area contributed by atoms with Crippen molar-refractivity contribution in [1.82, 2.24) is 9.97 Å². The van der Waals surface area contributed by atoms with Crippen LogP contribution < -0.4 is 10.6 Å². The highest BCUT2D eigenvalue weighted by Crippen LogP contribution is 2.24. The van der Waals surface area contributed by atoms with E-state index in [1.165, 1.54) is 0 Å². The van der Waals surface area contributed by atoms with Crippen LogP contribution in [0.4, 0.5) is 17.5 Å². The fourth-order valence-corrected chi connectivity index (χ4v) is 2.11. The lowest BCUT2D eigenvalue weighted by atomic mass is 9.94. The first-order valence-corrected chi connectivity index (χ1v) is 6.96. The zero-order valence-electron chi connectivity index (χ0n) is 12.9. The van der Waals surface area contributed by atoms with E-state index < -0.39 is 10.5 Å². The summed E-state index contributed by atoms with van der Waals surface area (Å²) >= 11 is 0. The largest absolute Gasteiger partial charge is 0.388 e. The molecule has 1 heterocycles. The van der Waals surface area contributed by atoms with E-state index in [9.17, 15) is 15.2 Å².